The first-order chi connectivity index (χ1) is 37.5. The number of hydrogen-bond donors (Lipinski definition) is 0. The summed E-state index contributed by atoms with van der Waals surface area (Å²) in [6.45, 7) is 11.9. The molecule has 2 nitrogen and oxygen atoms in total. The third kappa shape index (κ3) is 6.24. The lowest BCUT2D eigenvalue weighted by Gasteiger charge is -2.36. The second kappa shape index (κ2) is 15.9. The number of hydrogen-bond acceptors (Lipinski definition) is 3. The van der Waals surface area contributed by atoms with Crippen molar-refractivity contribution in [1.29, 1.82) is 0 Å². The van der Waals surface area contributed by atoms with Crippen molar-refractivity contribution in [2.45, 2.75) is 50.9 Å². The van der Waals surface area contributed by atoms with E-state index in [2.05, 4.69) is 264 Å². The maximum absolute atomic E-state index is 6.54. The first-order valence-electron chi connectivity index (χ1n) is 27.1. The Morgan fingerprint density at radius 1 is 0.403 bits per heavy atom. The highest BCUT2D eigenvalue weighted by Gasteiger charge is 2.53. The molecule has 0 fully saturated rings. The van der Waals surface area contributed by atoms with Gasteiger partial charge in [0.05, 0.1) is 5.41 Å². The zero-order valence-electron chi connectivity index (χ0n) is 43.7. The summed E-state index contributed by atoms with van der Waals surface area (Å²) < 4.78 is 9.22. The molecule has 11 aromatic carbocycles. The van der Waals surface area contributed by atoms with Crippen molar-refractivity contribution in [3.05, 3.63) is 269 Å². The molecule has 1 unspecified atom stereocenters. The maximum Gasteiger partial charge on any atom is 0.143 e. The molecule has 4 bridgehead atoms. The van der Waals surface area contributed by atoms with E-state index in [1.807, 2.05) is 17.4 Å². The van der Waals surface area contributed by atoms with Crippen LogP contribution in [0.4, 0.5) is 17.1 Å². The summed E-state index contributed by atoms with van der Waals surface area (Å²) in [5, 5.41) is 4.99. The zero-order chi connectivity index (χ0) is 51.5. The van der Waals surface area contributed by atoms with Crippen molar-refractivity contribution >= 4 is 70.5 Å². The second-order valence-electron chi connectivity index (χ2n) is 23.2. The summed E-state index contributed by atoms with van der Waals surface area (Å²) in [7, 11) is 0. The van der Waals surface area contributed by atoms with Crippen LogP contribution in [0.25, 0.3) is 97.7 Å². The topological polar surface area (TPSA) is 16.4 Å². The van der Waals surface area contributed by atoms with Crippen LogP contribution >= 0.6 is 11.3 Å². The van der Waals surface area contributed by atoms with Crippen molar-refractivity contribution in [2.24, 2.45) is 0 Å². The van der Waals surface area contributed by atoms with Crippen molar-refractivity contribution in [2.75, 3.05) is 4.90 Å². The van der Waals surface area contributed by atoms with Crippen LogP contribution in [0.5, 0.6) is 0 Å². The minimum absolute atomic E-state index is 0.0240. The van der Waals surface area contributed by atoms with Gasteiger partial charge in [-0.15, -0.1) is 11.3 Å². The van der Waals surface area contributed by atoms with Gasteiger partial charge in [0.25, 0.3) is 0 Å². The van der Waals surface area contributed by atoms with Gasteiger partial charge >= 0.3 is 0 Å². The minimum atomic E-state index is -0.502. The smallest absolute Gasteiger partial charge is 0.143 e. The van der Waals surface area contributed by atoms with Gasteiger partial charge < -0.3 is 9.32 Å². The molecule has 3 aliphatic carbocycles. The number of nitrogens with zero attached hydrogens (tertiary/aromatic N) is 1. The van der Waals surface area contributed by atoms with E-state index in [0.29, 0.717) is 0 Å². The molecular weight excluding hydrogens is 951 g/mol. The molecule has 3 aliphatic rings. The normalized spacial score (nSPS) is 15.5. The van der Waals surface area contributed by atoms with E-state index >= 15 is 0 Å². The van der Waals surface area contributed by atoms with E-state index in [4.69, 9.17) is 4.42 Å². The first-order valence-corrected chi connectivity index (χ1v) is 27.9. The molecule has 1 atom stereocenters. The Bertz CT molecular complexity index is 4620. The molecule has 77 heavy (non-hydrogen) atoms. The van der Waals surface area contributed by atoms with Gasteiger partial charge in [-0.2, -0.15) is 0 Å². The molecule has 16 rings (SSSR count). The molecule has 366 valence electrons. The van der Waals surface area contributed by atoms with Crippen molar-refractivity contribution in [3.63, 3.8) is 0 Å². The van der Waals surface area contributed by atoms with Gasteiger partial charge in [0.2, 0.25) is 0 Å². The third-order valence-corrected chi connectivity index (χ3v) is 18.8. The van der Waals surface area contributed by atoms with E-state index in [9.17, 15) is 0 Å². The fourth-order valence-corrected chi connectivity index (χ4v) is 14.9. The van der Waals surface area contributed by atoms with Gasteiger partial charge in [0.1, 0.15) is 11.2 Å². The van der Waals surface area contributed by atoms with E-state index < -0.39 is 10.8 Å². The van der Waals surface area contributed by atoms with Crippen molar-refractivity contribution in [1.82, 2.24) is 0 Å². The molecule has 2 aromatic heterocycles. The van der Waals surface area contributed by atoms with E-state index in [1.54, 1.807) is 0 Å². The van der Waals surface area contributed by atoms with Gasteiger partial charge in [0.15, 0.2) is 0 Å². The summed E-state index contributed by atoms with van der Waals surface area (Å²) in [5.74, 6) is 0. The Hall–Kier alpha value is -8.76. The van der Waals surface area contributed by atoms with E-state index in [0.717, 1.165) is 50.1 Å². The average molecular weight is 1000 g/mol. The summed E-state index contributed by atoms with van der Waals surface area (Å²) in [6, 6.07) is 87.1. The highest BCUT2D eigenvalue weighted by molar-refractivity contribution is 7.26. The number of fused-ring (bicyclic) bond motifs is 15. The Kier molecular flexibility index (Phi) is 9.19. The van der Waals surface area contributed by atoms with Crippen LogP contribution in [0.3, 0.4) is 0 Å². The Labute approximate surface area is 453 Å². The number of thiophene rings is 1. The third-order valence-electron chi connectivity index (χ3n) is 17.7. The van der Waals surface area contributed by atoms with Crippen LogP contribution in [0.15, 0.2) is 235 Å². The molecule has 0 radical (unpaired) electrons. The molecule has 2 heterocycles. The summed E-state index contributed by atoms with van der Waals surface area (Å²) in [5.41, 5.74) is 26.1. The molecular formula is C74H53NOS. The van der Waals surface area contributed by atoms with Gasteiger partial charge in [-0.1, -0.05) is 204 Å². The lowest BCUT2D eigenvalue weighted by molar-refractivity contribution is 0.588. The Morgan fingerprint density at radius 3 is 1.82 bits per heavy atom. The summed E-state index contributed by atoms with van der Waals surface area (Å²) >= 11 is 1.91. The summed E-state index contributed by atoms with van der Waals surface area (Å²) in [6.07, 6.45) is 0. The number of anilines is 3. The fourth-order valence-electron chi connectivity index (χ4n) is 13.8. The predicted molar refractivity (Wildman–Crippen MR) is 325 cm³/mol. The van der Waals surface area contributed by atoms with Gasteiger partial charge in [0, 0.05) is 59.0 Å². The molecule has 0 aliphatic heterocycles. The lowest BCUT2D eigenvalue weighted by Crippen LogP contribution is -2.28. The van der Waals surface area contributed by atoms with E-state index in [-0.39, 0.29) is 5.41 Å². The lowest BCUT2D eigenvalue weighted by atomic mass is 9.66. The summed E-state index contributed by atoms with van der Waals surface area (Å²) in [4.78, 5) is 2.43. The van der Waals surface area contributed by atoms with E-state index in [1.165, 1.54) is 104 Å². The molecule has 0 amide bonds. The van der Waals surface area contributed by atoms with Crippen LogP contribution in [-0.4, -0.2) is 0 Å². The van der Waals surface area contributed by atoms with Crippen LogP contribution in [0, 0.1) is 0 Å². The zero-order valence-corrected chi connectivity index (χ0v) is 44.5. The SMILES string of the molecule is CC(C)(C)c1ccc2c(c1)C13c4cc(ccc4-2)C(C)(C)c2cc(N(c4ccc(-c5ccccc5)cc4)c4ccc(-c5cccc6c5oc5ccccc56)cc4)ccc2-c2ccc(c1c2)-c1c3ccc2sc3ccccc3c12. The van der Waals surface area contributed by atoms with Gasteiger partial charge in [-0.25, -0.2) is 0 Å². The Morgan fingerprint density at radius 2 is 1.03 bits per heavy atom. The van der Waals surface area contributed by atoms with Gasteiger partial charge in [-0.05, 0) is 155 Å². The highest BCUT2D eigenvalue weighted by atomic mass is 32.1. The van der Waals surface area contributed by atoms with Crippen molar-refractivity contribution < 1.29 is 4.42 Å². The highest BCUT2D eigenvalue weighted by Crippen LogP contribution is 2.66. The predicted octanol–water partition coefficient (Wildman–Crippen LogP) is 20.7. The molecule has 3 heteroatoms. The van der Waals surface area contributed by atoms with Crippen LogP contribution in [-0.2, 0) is 16.2 Å². The number of rotatable bonds is 5. The average Bonchev–Trinajstić information content (AvgIpc) is 3.99. The quantitative estimate of drug-likeness (QED) is 0.171. The maximum atomic E-state index is 6.54. The van der Waals surface area contributed by atoms with Crippen molar-refractivity contribution in [3.8, 4) is 55.6 Å². The first kappa shape index (κ1) is 44.5. The molecule has 0 N–H and O–H groups in total. The molecule has 1 spiro atoms. The molecule has 0 saturated heterocycles. The van der Waals surface area contributed by atoms with Crippen LogP contribution < -0.4 is 4.90 Å². The number of furan rings is 1. The molecule has 13 aromatic rings. The Balaban J connectivity index is 0.916. The monoisotopic (exact) mass is 1000 g/mol. The van der Waals surface area contributed by atoms with Crippen LogP contribution in [0.2, 0.25) is 0 Å². The van der Waals surface area contributed by atoms with Crippen LogP contribution in [0.1, 0.15) is 73.6 Å². The van der Waals surface area contributed by atoms with Gasteiger partial charge in [-0.3, -0.25) is 0 Å². The fraction of sp³-hybridized carbons (Fsp3) is 0.108. The number of benzene rings is 11. The second-order valence-corrected chi connectivity index (χ2v) is 24.3. The largest absolute Gasteiger partial charge is 0.455 e. The number of para-hydroxylation sites is 2. The molecule has 0 saturated carbocycles. The minimum Gasteiger partial charge on any atom is -0.455 e. The standard InChI is InChI=1S/C74H53NOS/c1-72(2,3)48-27-35-55-56-36-28-49-42-65(56)74(64(55)41-48)61-38-39-68-70(60-17-10-12-21-67(60)77-68)69(61)59-34-26-47(40-63(59)74)53-37-33-52(43-62(53)73(49,4)5)75(50-29-22-45(23-30-50)44-14-7-6-8-15-44)51-31-24-46(25-32-51)54-18-13-19-58-57-16-9-11-20-66(57)76-71(54)58/h6-43H,1-5H3.